The number of alkyl halides is 1. The zero-order chi connectivity index (χ0) is 15.4. The third-order valence-electron chi connectivity index (χ3n) is 4.37. The van der Waals surface area contributed by atoms with Crippen LogP contribution in [0.2, 0.25) is 0 Å². The number of amides is 1. The standard InChI is InChI=1S/C16H22FN3O2/c17-14-10-15(16(21)19-6-8-22-9-7-19)20(12-14)5-3-13-2-1-4-18-11-13/h1-2,4,11,14-15H,3,5-10,12H2/t14-,15+/m1/s1. The number of nitrogens with zero attached hydrogens (tertiary/aromatic N) is 3. The SMILES string of the molecule is O=C([C@@H]1C[C@@H](F)CN1CCc1cccnc1)N1CCOCC1. The van der Waals surface area contributed by atoms with Crippen LogP contribution in [0.3, 0.4) is 0 Å². The maximum absolute atomic E-state index is 13.8. The fourth-order valence-corrected chi connectivity index (χ4v) is 3.16. The summed E-state index contributed by atoms with van der Waals surface area (Å²) >= 11 is 0. The van der Waals surface area contributed by atoms with Gasteiger partial charge >= 0.3 is 0 Å². The molecule has 2 aliphatic heterocycles. The molecule has 0 radical (unpaired) electrons. The fourth-order valence-electron chi connectivity index (χ4n) is 3.16. The van der Waals surface area contributed by atoms with Crippen molar-refractivity contribution in [3.05, 3.63) is 30.1 Å². The quantitative estimate of drug-likeness (QED) is 0.829. The Labute approximate surface area is 130 Å². The average Bonchev–Trinajstić information content (AvgIpc) is 2.95. The van der Waals surface area contributed by atoms with E-state index in [0.717, 1.165) is 12.0 Å². The first-order chi connectivity index (χ1) is 10.7. The summed E-state index contributed by atoms with van der Waals surface area (Å²) in [5, 5.41) is 0. The molecule has 120 valence electrons. The largest absolute Gasteiger partial charge is 0.378 e. The van der Waals surface area contributed by atoms with E-state index in [1.165, 1.54) is 0 Å². The van der Waals surface area contributed by atoms with Gasteiger partial charge in [0.15, 0.2) is 0 Å². The molecule has 2 fully saturated rings. The summed E-state index contributed by atoms with van der Waals surface area (Å²) in [5.41, 5.74) is 1.11. The van der Waals surface area contributed by atoms with Crippen molar-refractivity contribution in [1.82, 2.24) is 14.8 Å². The minimum atomic E-state index is -0.913. The normalized spacial score (nSPS) is 26.3. The molecule has 0 saturated carbocycles. The van der Waals surface area contributed by atoms with Crippen molar-refractivity contribution in [3.8, 4) is 0 Å². The zero-order valence-electron chi connectivity index (χ0n) is 12.7. The molecule has 22 heavy (non-hydrogen) atoms. The molecule has 0 spiro atoms. The topological polar surface area (TPSA) is 45.7 Å². The van der Waals surface area contributed by atoms with Gasteiger partial charge in [-0.3, -0.25) is 14.7 Å². The van der Waals surface area contributed by atoms with Crippen LogP contribution in [0.4, 0.5) is 4.39 Å². The van der Waals surface area contributed by atoms with Gasteiger partial charge in [-0.1, -0.05) is 6.07 Å². The number of morpholine rings is 1. The van der Waals surface area contributed by atoms with Crippen LogP contribution in [0.15, 0.2) is 24.5 Å². The van der Waals surface area contributed by atoms with Crippen molar-refractivity contribution in [2.75, 3.05) is 39.4 Å². The summed E-state index contributed by atoms with van der Waals surface area (Å²) in [6, 6.07) is 3.58. The molecule has 0 aromatic carbocycles. The second kappa shape index (κ2) is 7.15. The third-order valence-corrected chi connectivity index (χ3v) is 4.37. The van der Waals surface area contributed by atoms with Crippen LogP contribution >= 0.6 is 0 Å². The van der Waals surface area contributed by atoms with Crippen LogP contribution < -0.4 is 0 Å². The van der Waals surface area contributed by atoms with Crippen LogP contribution in [-0.2, 0) is 16.0 Å². The van der Waals surface area contributed by atoms with E-state index < -0.39 is 6.17 Å². The molecular weight excluding hydrogens is 285 g/mol. The minimum absolute atomic E-state index is 0.0506. The lowest BCUT2D eigenvalue weighted by atomic mass is 10.1. The molecule has 0 unspecified atom stereocenters. The minimum Gasteiger partial charge on any atom is -0.378 e. The first-order valence-corrected chi connectivity index (χ1v) is 7.87. The van der Waals surface area contributed by atoms with Crippen LogP contribution in [0.5, 0.6) is 0 Å². The molecule has 0 aliphatic carbocycles. The van der Waals surface area contributed by atoms with Crippen molar-refractivity contribution in [1.29, 1.82) is 0 Å². The highest BCUT2D eigenvalue weighted by Gasteiger charge is 2.38. The predicted molar refractivity (Wildman–Crippen MR) is 80.2 cm³/mol. The molecule has 2 saturated heterocycles. The molecule has 2 aliphatic rings. The Morgan fingerprint density at radius 3 is 2.95 bits per heavy atom. The lowest BCUT2D eigenvalue weighted by Crippen LogP contribution is -2.50. The van der Waals surface area contributed by atoms with E-state index in [-0.39, 0.29) is 11.9 Å². The number of rotatable bonds is 4. The summed E-state index contributed by atoms with van der Waals surface area (Å²) in [5.74, 6) is 0.0506. The maximum atomic E-state index is 13.8. The Morgan fingerprint density at radius 1 is 1.41 bits per heavy atom. The summed E-state index contributed by atoms with van der Waals surface area (Å²) in [7, 11) is 0. The van der Waals surface area contributed by atoms with Gasteiger partial charge < -0.3 is 9.64 Å². The molecule has 1 aromatic rings. The number of pyridine rings is 1. The van der Waals surface area contributed by atoms with Gasteiger partial charge in [0.1, 0.15) is 6.17 Å². The zero-order valence-corrected chi connectivity index (χ0v) is 12.7. The Kier molecular flexibility index (Phi) is 5.00. The summed E-state index contributed by atoms with van der Waals surface area (Å²) < 4.78 is 19.1. The number of aromatic nitrogens is 1. The average molecular weight is 307 g/mol. The van der Waals surface area contributed by atoms with Crippen molar-refractivity contribution in [3.63, 3.8) is 0 Å². The Bertz CT molecular complexity index is 493. The Morgan fingerprint density at radius 2 is 2.23 bits per heavy atom. The first kappa shape index (κ1) is 15.4. The van der Waals surface area contributed by atoms with Crippen LogP contribution in [-0.4, -0.2) is 72.3 Å². The van der Waals surface area contributed by atoms with E-state index in [9.17, 15) is 9.18 Å². The summed E-state index contributed by atoms with van der Waals surface area (Å²) in [6.07, 6.45) is 3.74. The molecule has 0 N–H and O–H groups in total. The van der Waals surface area contributed by atoms with E-state index in [2.05, 4.69) is 4.98 Å². The molecule has 3 rings (SSSR count). The number of hydrogen-bond acceptors (Lipinski definition) is 4. The van der Waals surface area contributed by atoms with Crippen molar-refractivity contribution < 1.29 is 13.9 Å². The van der Waals surface area contributed by atoms with Gasteiger partial charge in [0.25, 0.3) is 0 Å². The fraction of sp³-hybridized carbons (Fsp3) is 0.625. The van der Waals surface area contributed by atoms with Crippen molar-refractivity contribution >= 4 is 5.91 Å². The van der Waals surface area contributed by atoms with Gasteiger partial charge in [0.2, 0.25) is 5.91 Å². The highest BCUT2D eigenvalue weighted by molar-refractivity contribution is 5.82. The summed E-state index contributed by atoms with van der Waals surface area (Å²) in [4.78, 5) is 20.5. The van der Waals surface area contributed by atoms with E-state index in [0.29, 0.717) is 45.8 Å². The summed E-state index contributed by atoms with van der Waals surface area (Å²) in [6.45, 7) is 3.42. The molecule has 0 bridgehead atoms. The van der Waals surface area contributed by atoms with Crippen LogP contribution in [0.1, 0.15) is 12.0 Å². The van der Waals surface area contributed by atoms with Gasteiger partial charge in [-0.15, -0.1) is 0 Å². The molecular formula is C16H22FN3O2. The number of halogens is 1. The molecule has 2 atom stereocenters. The molecule has 1 aromatic heterocycles. The lowest BCUT2D eigenvalue weighted by Gasteiger charge is -2.32. The number of ether oxygens (including phenoxy) is 1. The van der Waals surface area contributed by atoms with Gasteiger partial charge in [0, 0.05) is 45.0 Å². The lowest BCUT2D eigenvalue weighted by molar-refractivity contribution is -0.140. The molecule has 6 heteroatoms. The van der Waals surface area contributed by atoms with Gasteiger partial charge in [-0.25, -0.2) is 4.39 Å². The predicted octanol–water partition coefficient (Wildman–Crippen LogP) is 0.895. The van der Waals surface area contributed by atoms with Crippen molar-refractivity contribution in [2.45, 2.75) is 25.1 Å². The maximum Gasteiger partial charge on any atom is 0.240 e. The number of hydrogen-bond donors (Lipinski definition) is 0. The van der Waals surface area contributed by atoms with Gasteiger partial charge in [0.05, 0.1) is 19.3 Å². The van der Waals surface area contributed by atoms with Gasteiger partial charge in [-0.2, -0.15) is 0 Å². The van der Waals surface area contributed by atoms with E-state index in [4.69, 9.17) is 4.74 Å². The highest BCUT2D eigenvalue weighted by Crippen LogP contribution is 2.23. The first-order valence-electron chi connectivity index (χ1n) is 7.87. The van der Waals surface area contributed by atoms with Crippen LogP contribution in [0.25, 0.3) is 0 Å². The van der Waals surface area contributed by atoms with E-state index >= 15 is 0 Å². The number of carbonyl (C=O) groups is 1. The second-order valence-corrected chi connectivity index (χ2v) is 5.89. The smallest absolute Gasteiger partial charge is 0.240 e. The van der Waals surface area contributed by atoms with E-state index in [1.807, 2.05) is 28.1 Å². The number of carbonyl (C=O) groups excluding carboxylic acids is 1. The number of likely N-dealkylation sites (tertiary alicyclic amines) is 1. The van der Waals surface area contributed by atoms with E-state index in [1.54, 1.807) is 6.20 Å². The van der Waals surface area contributed by atoms with Gasteiger partial charge in [-0.05, 0) is 18.1 Å². The molecule has 5 nitrogen and oxygen atoms in total. The monoisotopic (exact) mass is 307 g/mol. The second-order valence-electron chi connectivity index (χ2n) is 5.89. The molecule has 3 heterocycles. The van der Waals surface area contributed by atoms with Crippen LogP contribution in [0, 0.1) is 0 Å². The highest BCUT2D eigenvalue weighted by atomic mass is 19.1. The molecule has 1 amide bonds. The third kappa shape index (κ3) is 3.62. The van der Waals surface area contributed by atoms with Crippen molar-refractivity contribution in [2.24, 2.45) is 0 Å². The Balaban J connectivity index is 1.60. The Hall–Kier alpha value is -1.53.